The minimum atomic E-state index is -2.90. The maximum Gasteiger partial charge on any atom is 0.315 e. The zero-order chi connectivity index (χ0) is 16.9. The molecule has 0 saturated carbocycles. The highest BCUT2D eigenvalue weighted by molar-refractivity contribution is 7.91. The molecular weight excluding hydrogens is 316 g/mol. The molecule has 1 saturated heterocycles. The van der Waals surface area contributed by atoms with Crippen molar-refractivity contribution in [3.05, 3.63) is 29.8 Å². The predicted octanol–water partition coefficient (Wildman–Crippen LogP) is 1.88. The molecule has 6 nitrogen and oxygen atoms in total. The molecule has 7 heteroatoms. The Morgan fingerprint density at radius 1 is 1.35 bits per heavy atom. The Balaban J connectivity index is 1.78. The van der Waals surface area contributed by atoms with Gasteiger partial charge in [0.05, 0.1) is 24.2 Å². The summed E-state index contributed by atoms with van der Waals surface area (Å²) in [6.07, 6.45) is 0.622. The van der Waals surface area contributed by atoms with Crippen molar-refractivity contribution in [1.82, 2.24) is 10.6 Å². The highest BCUT2D eigenvalue weighted by Crippen LogP contribution is 2.18. The summed E-state index contributed by atoms with van der Waals surface area (Å²) in [5.41, 5.74) is 0.979. The number of ether oxygens (including phenoxy) is 1. The van der Waals surface area contributed by atoms with Crippen molar-refractivity contribution in [2.75, 3.05) is 24.7 Å². The van der Waals surface area contributed by atoms with Crippen LogP contribution in [0.1, 0.15) is 31.9 Å². The third-order valence-electron chi connectivity index (χ3n) is 3.92. The second kappa shape index (κ2) is 7.68. The van der Waals surface area contributed by atoms with Crippen LogP contribution in [0.15, 0.2) is 24.3 Å². The average Bonchev–Trinajstić information content (AvgIpc) is 2.85. The van der Waals surface area contributed by atoms with Crippen LogP contribution in [-0.2, 0) is 9.84 Å². The van der Waals surface area contributed by atoms with E-state index in [0.717, 1.165) is 11.3 Å². The van der Waals surface area contributed by atoms with Gasteiger partial charge >= 0.3 is 6.03 Å². The van der Waals surface area contributed by atoms with E-state index in [-0.39, 0.29) is 29.5 Å². The lowest BCUT2D eigenvalue weighted by Crippen LogP contribution is -2.39. The minimum Gasteiger partial charge on any atom is -0.494 e. The normalized spacial score (nSPS) is 20.7. The lowest BCUT2D eigenvalue weighted by atomic mass is 10.1. The molecule has 2 amide bonds. The van der Waals surface area contributed by atoms with Gasteiger partial charge < -0.3 is 15.4 Å². The van der Waals surface area contributed by atoms with E-state index in [9.17, 15) is 13.2 Å². The van der Waals surface area contributed by atoms with Crippen molar-refractivity contribution < 1.29 is 17.9 Å². The van der Waals surface area contributed by atoms with Crippen LogP contribution in [0.5, 0.6) is 5.75 Å². The molecule has 0 unspecified atom stereocenters. The van der Waals surface area contributed by atoms with Gasteiger partial charge in [-0.2, -0.15) is 0 Å². The molecule has 128 valence electrons. The van der Waals surface area contributed by atoms with E-state index in [1.807, 2.05) is 38.1 Å². The third kappa shape index (κ3) is 5.42. The first-order chi connectivity index (χ1) is 10.9. The third-order valence-corrected chi connectivity index (χ3v) is 5.75. The van der Waals surface area contributed by atoms with E-state index < -0.39 is 9.84 Å². The molecule has 0 aliphatic carbocycles. The number of nitrogens with one attached hydrogen (secondary N) is 2. The summed E-state index contributed by atoms with van der Waals surface area (Å²) in [6.45, 7) is 4.83. The van der Waals surface area contributed by atoms with E-state index in [4.69, 9.17) is 4.74 Å². The molecule has 1 aromatic rings. The van der Waals surface area contributed by atoms with E-state index in [2.05, 4.69) is 10.6 Å². The van der Waals surface area contributed by atoms with Crippen LogP contribution < -0.4 is 15.4 Å². The molecule has 1 aliphatic rings. The summed E-state index contributed by atoms with van der Waals surface area (Å²) >= 11 is 0. The van der Waals surface area contributed by atoms with Crippen LogP contribution in [0.4, 0.5) is 4.79 Å². The molecule has 1 heterocycles. The Labute approximate surface area is 137 Å². The number of benzene rings is 1. The molecule has 1 aromatic carbocycles. The minimum absolute atomic E-state index is 0.0199. The monoisotopic (exact) mass is 340 g/mol. The Hall–Kier alpha value is -1.76. The van der Waals surface area contributed by atoms with Gasteiger partial charge in [0.15, 0.2) is 9.84 Å². The van der Waals surface area contributed by atoms with Crippen molar-refractivity contribution in [1.29, 1.82) is 0 Å². The fourth-order valence-electron chi connectivity index (χ4n) is 2.62. The molecule has 0 aromatic heterocycles. The van der Waals surface area contributed by atoms with Gasteiger partial charge in [0.25, 0.3) is 0 Å². The van der Waals surface area contributed by atoms with Gasteiger partial charge in [-0.05, 0) is 43.9 Å². The number of amides is 2. The van der Waals surface area contributed by atoms with Crippen LogP contribution >= 0.6 is 0 Å². The summed E-state index contributed by atoms with van der Waals surface area (Å²) in [6, 6.07) is 7.16. The number of carbonyl (C=O) groups excluding carboxylic acids is 1. The van der Waals surface area contributed by atoms with Gasteiger partial charge in [-0.1, -0.05) is 12.1 Å². The van der Waals surface area contributed by atoms with Crippen molar-refractivity contribution >= 4 is 15.9 Å². The fraction of sp³-hybridized carbons (Fsp3) is 0.562. The first-order valence-electron chi connectivity index (χ1n) is 7.87. The number of hydrogen-bond acceptors (Lipinski definition) is 4. The van der Waals surface area contributed by atoms with Crippen LogP contribution in [0, 0.1) is 5.92 Å². The van der Waals surface area contributed by atoms with E-state index in [0.29, 0.717) is 19.6 Å². The lowest BCUT2D eigenvalue weighted by Gasteiger charge is -2.16. The first kappa shape index (κ1) is 17.6. The highest BCUT2D eigenvalue weighted by Gasteiger charge is 2.27. The number of sulfone groups is 1. The summed E-state index contributed by atoms with van der Waals surface area (Å²) in [4.78, 5) is 11.9. The maximum atomic E-state index is 11.9. The van der Waals surface area contributed by atoms with Crippen molar-refractivity contribution in [2.45, 2.75) is 26.3 Å². The smallest absolute Gasteiger partial charge is 0.315 e. The molecule has 1 fully saturated rings. The van der Waals surface area contributed by atoms with Crippen LogP contribution in [0.3, 0.4) is 0 Å². The molecular formula is C16H24N2O4S. The standard InChI is InChI=1S/C16H24N2O4S/c1-3-22-15-6-4-14(5-7-15)12(2)18-16(19)17-10-13-8-9-23(20,21)11-13/h4-7,12-13H,3,8-11H2,1-2H3,(H2,17,18,19)/t12-,13+/m0/s1. The molecule has 0 bridgehead atoms. The molecule has 0 spiro atoms. The summed E-state index contributed by atoms with van der Waals surface area (Å²) in [5, 5.41) is 5.61. The average molecular weight is 340 g/mol. The quantitative estimate of drug-likeness (QED) is 0.828. The predicted molar refractivity (Wildman–Crippen MR) is 89.3 cm³/mol. The first-order valence-corrected chi connectivity index (χ1v) is 9.69. The zero-order valence-electron chi connectivity index (χ0n) is 13.5. The Bertz CT molecular complexity index is 628. The van der Waals surface area contributed by atoms with E-state index in [1.54, 1.807) is 0 Å². The topological polar surface area (TPSA) is 84.5 Å². The zero-order valence-corrected chi connectivity index (χ0v) is 14.4. The largest absolute Gasteiger partial charge is 0.494 e. The Kier molecular flexibility index (Phi) is 5.87. The lowest BCUT2D eigenvalue weighted by molar-refractivity contribution is 0.236. The molecule has 2 atom stereocenters. The summed E-state index contributed by atoms with van der Waals surface area (Å²) in [7, 11) is -2.90. The number of hydrogen-bond donors (Lipinski definition) is 2. The summed E-state index contributed by atoms with van der Waals surface area (Å²) in [5.74, 6) is 1.22. The van der Waals surface area contributed by atoms with E-state index in [1.165, 1.54) is 0 Å². The second-order valence-electron chi connectivity index (χ2n) is 5.85. The molecule has 2 N–H and O–H groups in total. The summed E-state index contributed by atoms with van der Waals surface area (Å²) < 4.78 is 28.2. The van der Waals surface area contributed by atoms with Gasteiger partial charge in [-0.15, -0.1) is 0 Å². The second-order valence-corrected chi connectivity index (χ2v) is 8.08. The van der Waals surface area contributed by atoms with Crippen molar-refractivity contribution in [2.24, 2.45) is 5.92 Å². The van der Waals surface area contributed by atoms with E-state index >= 15 is 0 Å². The fourth-order valence-corrected chi connectivity index (χ4v) is 4.48. The van der Waals surface area contributed by atoms with Gasteiger partial charge in [0, 0.05) is 6.54 Å². The van der Waals surface area contributed by atoms with Crippen LogP contribution in [0.25, 0.3) is 0 Å². The molecule has 23 heavy (non-hydrogen) atoms. The van der Waals surface area contributed by atoms with Gasteiger partial charge in [-0.25, -0.2) is 13.2 Å². The SMILES string of the molecule is CCOc1ccc([C@H](C)NC(=O)NC[C@H]2CCS(=O)(=O)C2)cc1. The number of rotatable bonds is 6. The maximum absolute atomic E-state index is 11.9. The number of carbonyl (C=O) groups is 1. The van der Waals surface area contributed by atoms with Crippen LogP contribution in [0.2, 0.25) is 0 Å². The van der Waals surface area contributed by atoms with Gasteiger partial charge in [0.2, 0.25) is 0 Å². The van der Waals surface area contributed by atoms with Gasteiger partial charge in [-0.3, -0.25) is 0 Å². The highest BCUT2D eigenvalue weighted by atomic mass is 32.2. The Morgan fingerprint density at radius 2 is 2.04 bits per heavy atom. The molecule has 0 radical (unpaired) electrons. The Morgan fingerprint density at radius 3 is 2.61 bits per heavy atom. The van der Waals surface area contributed by atoms with Crippen molar-refractivity contribution in [3.63, 3.8) is 0 Å². The number of urea groups is 1. The van der Waals surface area contributed by atoms with Crippen LogP contribution in [-0.4, -0.2) is 39.1 Å². The van der Waals surface area contributed by atoms with Crippen molar-refractivity contribution in [3.8, 4) is 5.75 Å². The molecule has 1 aliphatic heterocycles. The molecule has 2 rings (SSSR count). The van der Waals surface area contributed by atoms with Gasteiger partial charge in [0.1, 0.15) is 5.75 Å².